The van der Waals surface area contributed by atoms with E-state index in [2.05, 4.69) is 19.2 Å². The zero-order valence-corrected chi connectivity index (χ0v) is 12.1. The summed E-state index contributed by atoms with van der Waals surface area (Å²) in [5.41, 5.74) is 0.333. The number of ether oxygens (including phenoxy) is 1. The Morgan fingerprint density at radius 1 is 1.40 bits per heavy atom. The van der Waals surface area contributed by atoms with Crippen molar-refractivity contribution in [3.05, 3.63) is 29.6 Å². The van der Waals surface area contributed by atoms with E-state index in [0.717, 1.165) is 6.42 Å². The minimum Gasteiger partial charge on any atom is -0.483 e. The fraction of sp³-hybridized carbons (Fsp3) is 0.533. The van der Waals surface area contributed by atoms with Gasteiger partial charge in [0.05, 0.1) is 6.10 Å². The number of halogens is 1. The van der Waals surface area contributed by atoms with Gasteiger partial charge in [0.25, 0.3) is 5.91 Å². The predicted octanol–water partition coefficient (Wildman–Crippen LogP) is 2.42. The van der Waals surface area contributed by atoms with Gasteiger partial charge in [-0.05, 0) is 37.5 Å². The normalized spacial score (nSPS) is 12.3. The molecule has 1 aromatic rings. The Bertz CT molecular complexity index is 447. The van der Waals surface area contributed by atoms with Crippen molar-refractivity contribution in [2.24, 2.45) is 5.92 Å². The van der Waals surface area contributed by atoms with Crippen LogP contribution in [0.5, 0.6) is 5.75 Å². The van der Waals surface area contributed by atoms with E-state index in [-0.39, 0.29) is 12.5 Å². The highest BCUT2D eigenvalue weighted by Gasteiger charge is 2.12. The minimum absolute atomic E-state index is 0.149. The van der Waals surface area contributed by atoms with Gasteiger partial charge in [-0.1, -0.05) is 13.8 Å². The van der Waals surface area contributed by atoms with Crippen LogP contribution in [0.2, 0.25) is 0 Å². The first-order valence-electron chi connectivity index (χ1n) is 6.77. The molecule has 0 fully saturated rings. The molecule has 0 unspecified atom stereocenters. The molecule has 0 saturated heterocycles. The Morgan fingerprint density at radius 2 is 2.10 bits per heavy atom. The van der Waals surface area contributed by atoms with Crippen LogP contribution >= 0.6 is 0 Å². The molecular weight excluding hydrogens is 261 g/mol. The number of benzene rings is 1. The summed E-state index contributed by atoms with van der Waals surface area (Å²) in [6.07, 6.45) is 0.0472. The molecule has 5 heteroatoms. The Kier molecular flexibility index (Phi) is 6.45. The number of carbonyl (C=O) groups excluding carboxylic acids is 1. The van der Waals surface area contributed by atoms with Gasteiger partial charge < -0.3 is 15.2 Å². The Balaban J connectivity index is 2.51. The Hall–Kier alpha value is -1.62. The van der Waals surface area contributed by atoms with Crippen LogP contribution < -0.4 is 10.1 Å². The van der Waals surface area contributed by atoms with Crippen LogP contribution in [0.25, 0.3) is 0 Å². The number of aliphatic hydroxyl groups excluding tert-OH is 1. The number of hydrogen-bond acceptors (Lipinski definition) is 3. The van der Waals surface area contributed by atoms with Gasteiger partial charge in [-0.25, -0.2) is 4.39 Å². The topological polar surface area (TPSA) is 58.6 Å². The van der Waals surface area contributed by atoms with E-state index in [1.807, 2.05) is 0 Å². The first kappa shape index (κ1) is 16.4. The summed E-state index contributed by atoms with van der Waals surface area (Å²) in [6, 6.07) is 3.85. The van der Waals surface area contributed by atoms with E-state index in [1.54, 1.807) is 0 Å². The lowest BCUT2D eigenvalue weighted by Crippen LogP contribution is -2.30. The SMILES string of the molecule is CC(C)CCNC(=O)COc1ccc(F)cc1[C@H](C)O. The molecule has 0 spiro atoms. The fourth-order valence-corrected chi connectivity index (χ4v) is 1.67. The maximum Gasteiger partial charge on any atom is 0.257 e. The lowest BCUT2D eigenvalue weighted by Gasteiger charge is -2.13. The Labute approximate surface area is 119 Å². The summed E-state index contributed by atoms with van der Waals surface area (Å²) in [7, 11) is 0. The number of carbonyl (C=O) groups is 1. The molecule has 0 aliphatic heterocycles. The van der Waals surface area contributed by atoms with Crippen molar-refractivity contribution >= 4 is 5.91 Å². The molecule has 20 heavy (non-hydrogen) atoms. The standard InChI is InChI=1S/C15H22FNO3/c1-10(2)6-7-17-15(19)9-20-14-5-4-12(16)8-13(14)11(3)18/h4-5,8,10-11,18H,6-7,9H2,1-3H3,(H,17,19)/t11-/m0/s1. The molecule has 2 N–H and O–H groups in total. The molecule has 0 aliphatic carbocycles. The largest absolute Gasteiger partial charge is 0.483 e. The van der Waals surface area contributed by atoms with Crippen molar-refractivity contribution in [1.29, 1.82) is 0 Å². The summed E-state index contributed by atoms with van der Waals surface area (Å²) in [5.74, 6) is 0.164. The van der Waals surface area contributed by atoms with Crippen LogP contribution in [0.15, 0.2) is 18.2 Å². The van der Waals surface area contributed by atoms with Crippen LogP contribution in [0.1, 0.15) is 38.9 Å². The smallest absolute Gasteiger partial charge is 0.257 e. The highest BCUT2D eigenvalue weighted by Crippen LogP contribution is 2.25. The van der Waals surface area contributed by atoms with Crippen molar-refractivity contribution in [1.82, 2.24) is 5.32 Å². The number of amides is 1. The van der Waals surface area contributed by atoms with E-state index in [9.17, 15) is 14.3 Å². The van der Waals surface area contributed by atoms with Crippen LogP contribution in [0, 0.1) is 11.7 Å². The van der Waals surface area contributed by atoms with Crippen LogP contribution in [0.3, 0.4) is 0 Å². The van der Waals surface area contributed by atoms with Gasteiger partial charge in [-0.15, -0.1) is 0 Å². The van der Waals surface area contributed by atoms with Gasteiger partial charge in [0.2, 0.25) is 0 Å². The first-order chi connectivity index (χ1) is 9.40. The van der Waals surface area contributed by atoms with E-state index in [1.165, 1.54) is 25.1 Å². The van der Waals surface area contributed by atoms with Crippen LogP contribution in [0.4, 0.5) is 4.39 Å². The predicted molar refractivity (Wildman–Crippen MR) is 75.0 cm³/mol. The molecule has 1 aromatic carbocycles. The summed E-state index contributed by atoms with van der Waals surface area (Å²) < 4.78 is 18.4. The molecule has 4 nitrogen and oxygen atoms in total. The second-order valence-electron chi connectivity index (χ2n) is 5.18. The molecule has 0 aliphatic rings. The zero-order chi connectivity index (χ0) is 15.1. The number of hydrogen-bond donors (Lipinski definition) is 2. The molecule has 1 rings (SSSR count). The summed E-state index contributed by atoms with van der Waals surface area (Å²) >= 11 is 0. The second kappa shape index (κ2) is 7.85. The average molecular weight is 283 g/mol. The molecule has 112 valence electrons. The summed E-state index contributed by atoms with van der Waals surface area (Å²) in [4.78, 5) is 11.6. The third kappa shape index (κ3) is 5.57. The molecular formula is C15H22FNO3. The van der Waals surface area contributed by atoms with E-state index >= 15 is 0 Å². The fourth-order valence-electron chi connectivity index (χ4n) is 1.67. The third-order valence-corrected chi connectivity index (χ3v) is 2.82. The van der Waals surface area contributed by atoms with Gasteiger partial charge in [-0.2, -0.15) is 0 Å². The van der Waals surface area contributed by atoms with Gasteiger partial charge in [-0.3, -0.25) is 4.79 Å². The average Bonchev–Trinajstić information content (AvgIpc) is 2.36. The number of nitrogens with one attached hydrogen (secondary N) is 1. The van der Waals surface area contributed by atoms with Gasteiger partial charge in [0.15, 0.2) is 6.61 Å². The Morgan fingerprint density at radius 3 is 2.70 bits per heavy atom. The van der Waals surface area contributed by atoms with Gasteiger partial charge in [0, 0.05) is 12.1 Å². The summed E-state index contributed by atoms with van der Waals surface area (Å²) in [6.45, 7) is 6.13. The molecule has 1 atom stereocenters. The van der Waals surface area contributed by atoms with Crippen molar-refractivity contribution in [3.63, 3.8) is 0 Å². The molecule has 0 radical (unpaired) electrons. The molecule has 1 amide bonds. The van der Waals surface area contributed by atoms with Crippen molar-refractivity contribution in [3.8, 4) is 5.75 Å². The summed E-state index contributed by atoms with van der Waals surface area (Å²) in [5, 5.41) is 12.3. The van der Waals surface area contributed by atoms with Crippen LogP contribution in [-0.4, -0.2) is 24.2 Å². The van der Waals surface area contributed by atoms with Crippen LogP contribution in [-0.2, 0) is 4.79 Å². The quantitative estimate of drug-likeness (QED) is 0.808. The zero-order valence-electron chi connectivity index (χ0n) is 12.1. The maximum atomic E-state index is 13.1. The lowest BCUT2D eigenvalue weighted by atomic mass is 10.1. The molecule has 0 saturated carbocycles. The second-order valence-corrected chi connectivity index (χ2v) is 5.18. The lowest BCUT2D eigenvalue weighted by molar-refractivity contribution is -0.123. The van der Waals surface area contributed by atoms with E-state index in [4.69, 9.17) is 4.74 Å². The van der Waals surface area contributed by atoms with E-state index in [0.29, 0.717) is 23.8 Å². The molecule has 0 aromatic heterocycles. The number of rotatable bonds is 7. The monoisotopic (exact) mass is 283 g/mol. The highest BCUT2D eigenvalue weighted by molar-refractivity contribution is 5.77. The molecule has 0 bridgehead atoms. The minimum atomic E-state index is -0.857. The van der Waals surface area contributed by atoms with Gasteiger partial charge in [0.1, 0.15) is 11.6 Å². The van der Waals surface area contributed by atoms with Gasteiger partial charge >= 0.3 is 0 Å². The third-order valence-electron chi connectivity index (χ3n) is 2.82. The highest BCUT2D eigenvalue weighted by atomic mass is 19.1. The van der Waals surface area contributed by atoms with Crippen molar-refractivity contribution in [2.75, 3.05) is 13.2 Å². The van der Waals surface area contributed by atoms with Crippen molar-refractivity contribution in [2.45, 2.75) is 33.3 Å². The number of aliphatic hydroxyl groups is 1. The first-order valence-corrected chi connectivity index (χ1v) is 6.77. The maximum absolute atomic E-state index is 13.1. The van der Waals surface area contributed by atoms with E-state index < -0.39 is 11.9 Å². The molecule has 0 heterocycles. The van der Waals surface area contributed by atoms with Crippen molar-refractivity contribution < 1.29 is 19.0 Å².